The molecule has 5 nitrogen and oxygen atoms in total. The summed E-state index contributed by atoms with van der Waals surface area (Å²) in [6.07, 6.45) is 0. The second-order valence-electron chi connectivity index (χ2n) is 4.88. The number of carbonyl (C=O) groups excluding carboxylic acids is 1. The number of aromatic nitrogens is 2. The number of para-hydroxylation sites is 2. The maximum absolute atomic E-state index is 12.1. The normalized spacial score (nSPS) is 15.4. The lowest BCUT2D eigenvalue weighted by Gasteiger charge is -2.26. The molecule has 0 spiro atoms. The van der Waals surface area contributed by atoms with Crippen molar-refractivity contribution in [3.63, 3.8) is 0 Å². The molecule has 6 heteroatoms. The van der Waals surface area contributed by atoms with Crippen LogP contribution in [0.3, 0.4) is 0 Å². The molecule has 0 unspecified atom stereocenters. The van der Waals surface area contributed by atoms with E-state index in [9.17, 15) is 4.79 Å². The van der Waals surface area contributed by atoms with E-state index >= 15 is 0 Å². The molecule has 0 atom stereocenters. The highest BCUT2D eigenvalue weighted by Crippen LogP contribution is 2.22. The highest BCUT2D eigenvalue weighted by Gasteiger charge is 2.17. The molecule has 1 aromatic carbocycles. The van der Waals surface area contributed by atoms with E-state index in [0.29, 0.717) is 32.1 Å². The van der Waals surface area contributed by atoms with Gasteiger partial charge in [-0.2, -0.15) is 0 Å². The summed E-state index contributed by atoms with van der Waals surface area (Å²) in [5, 5.41) is 0.829. The topological polar surface area (TPSA) is 55.3 Å². The van der Waals surface area contributed by atoms with Crippen molar-refractivity contribution in [1.82, 2.24) is 14.9 Å². The Kier molecular flexibility index (Phi) is 4.36. The molecule has 1 aliphatic rings. The predicted octanol–water partition coefficient (Wildman–Crippen LogP) is 1.89. The number of rotatable bonds is 3. The fourth-order valence-electron chi connectivity index (χ4n) is 2.24. The first-order valence-electron chi connectivity index (χ1n) is 6.96. The van der Waals surface area contributed by atoms with Crippen molar-refractivity contribution in [3.8, 4) is 0 Å². The largest absolute Gasteiger partial charge is 0.378 e. The summed E-state index contributed by atoms with van der Waals surface area (Å²) in [7, 11) is 0. The molecule has 3 rings (SSSR count). The van der Waals surface area contributed by atoms with Crippen LogP contribution in [0.15, 0.2) is 29.3 Å². The van der Waals surface area contributed by atoms with Crippen molar-refractivity contribution in [3.05, 3.63) is 30.0 Å². The van der Waals surface area contributed by atoms with Crippen LogP contribution in [0.25, 0.3) is 11.0 Å². The van der Waals surface area contributed by atoms with Gasteiger partial charge in [-0.25, -0.2) is 9.97 Å². The fraction of sp³-hybridized carbons (Fsp3) is 0.400. The van der Waals surface area contributed by atoms with Crippen molar-refractivity contribution < 1.29 is 9.53 Å². The number of morpholine rings is 1. The van der Waals surface area contributed by atoms with Gasteiger partial charge in [0.25, 0.3) is 0 Å². The van der Waals surface area contributed by atoms with E-state index < -0.39 is 0 Å². The molecule has 1 fully saturated rings. The van der Waals surface area contributed by atoms with E-state index in [-0.39, 0.29) is 5.91 Å². The van der Waals surface area contributed by atoms with Gasteiger partial charge in [-0.1, -0.05) is 23.9 Å². The van der Waals surface area contributed by atoms with Crippen LogP contribution in [-0.2, 0) is 9.53 Å². The van der Waals surface area contributed by atoms with Gasteiger partial charge in [0, 0.05) is 13.1 Å². The van der Waals surface area contributed by atoms with Crippen LogP contribution in [0.5, 0.6) is 0 Å². The third-order valence-electron chi connectivity index (χ3n) is 3.40. The highest BCUT2D eigenvalue weighted by molar-refractivity contribution is 7.99. The van der Waals surface area contributed by atoms with Gasteiger partial charge in [0.05, 0.1) is 35.7 Å². The molecule has 1 saturated heterocycles. The van der Waals surface area contributed by atoms with Gasteiger partial charge in [-0.05, 0) is 19.1 Å². The van der Waals surface area contributed by atoms with Crippen LogP contribution in [0.2, 0.25) is 0 Å². The van der Waals surface area contributed by atoms with Crippen molar-refractivity contribution in [2.75, 3.05) is 32.1 Å². The third-order valence-corrected chi connectivity index (χ3v) is 4.45. The molecule has 2 aromatic rings. The number of hydrogen-bond donors (Lipinski definition) is 0. The Morgan fingerprint density at radius 2 is 1.90 bits per heavy atom. The van der Waals surface area contributed by atoms with Gasteiger partial charge in [0.15, 0.2) is 0 Å². The number of carbonyl (C=O) groups is 1. The lowest BCUT2D eigenvalue weighted by atomic mass is 10.3. The number of fused-ring (bicyclic) bond motifs is 1. The Labute approximate surface area is 127 Å². The van der Waals surface area contributed by atoms with Gasteiger partial charge in [0.1, 0.15) is 5.03 Å². The van der Waals surface area contributed by atoms with E-state index in [4.69, 9.17) is 4.74 Å². The van der Waals surface area contributed by atoms with Gasteiger partial charge < -0.3 is 9.64 Å². The van der Waals surface area contributed by atoms with E-state index in [1.54, 1.807) is 0 Å². The van der Waals surface area contributed by atoms with Gasteiger partial charge in [-0.3, -0.25) is 4.79 Å². The molecule has 0 saturated carbocycles. The molecule has 1 aliphatic heterocycles. The number of benzene rings is 1. The predicted molar refractivity (Wildman–Crippen MR) is 82.4 cm³/mol. The van der Waals surface area contributed by atoms with Crippen molar-refractivity contribution in [1.29, 1.82) is 0 Å². The van der Waals surface area contributed by atoms with E-state index in [0.717, 1.165) is 21.8 Å². The Morgan fingerprint density at radius 3 is 2.62 bits per heavy atom. The zero-order chi connectivity index (χ0) is 14.7. The standard InChI is InChI=1S/C15H17N3O2S/c1-11-15(17-13-5-3-2-4-12(13)16-11)21-10-14(19)18-6-8-20-9-7-18/h2-5H,6-10H2,1H3. The monoisotopic (exact) mass is 303 g/mol. The number of hydrogen-bond acceptors (Lipinski definition) is 5. The number of thioether (sulfide) groups is 1. The maximum atomic E-state index is 12.1. The number of amides is 1. The second kappa shape index (κ2) is 6.41. The summed E-state index contributed by atoms with van der Waals surface area (Å²) in [4.78, 5) is 23.1. The van der Waals surface area contributed by atoms with Crippen LogP contribution in [-0.4, -0.2) is 52.8 Å². The maximum Gasteiger partial charge on any atom is 0.233 e. The summed E-state index contributed by atoms with van der Waals surface area (Å²) < 4.78 is 5.26. The molecule has 21 heavy (non-hydrogen) atoms. The summed E-state index contributed by atoms with van der Waals surface area (Å²) in [6.45, 7) is 4.56. The second-order valence-corrected chi connectivity index (χ2v) is 5.85. The lowest BCUT2D eigenvalue weighted by Crippen LogP contribution is -2.41. The third kappa shape index (κ3) is 3.33. The summed E-state index contributed by atoms with van der Waals surface area (Å²) in [5.74, 6) is 0.533. The van der Waals surface area contributed by atoms with Crippen molar-refractivity contribution in [2.45, 2.75) is 11.9 Å². The van der Waals surface area contributed by atoms with Gasteiger partial charge in [0.2, 0.25) is 5.91 Å². The van der Waals surface area contributed by atoms with Gasteiger partial charge in [-0.15, -0.1) is 0 Å². The number of aryl methyl sites for hydroxylation is 1. The summed E-state index contributed by atoms with van der Waals surface area (Å²) >= 11 is 1.46. The lowest BCUT2D eigenvalue weighted by molar-refractivity contribution is -0.132. The Balaban J connectivity index is 1.69. The molecule has 0 aliphatic carbocycles. The smallest absolute Gasteiger partial charge is 0.233 e. The minimum Gasteiger partial charge on any atom is -0.378 e. The molecule has 2 heterocycles. The Bertz CT molecular complexity index is 656. The van der Waals surface area contributed by atoms with E-state index in [2.05, 4.69) is 9.97 Å². The Hall–Kier alpha value is -1.66. The molecular weight excluding hydrogens is 286 g/mol. The molecule has 0 bridgehead atoms. The molecular formula is C15H17N3O2S. The summed E-state index contributed by atoms with van der Waals surface area (Å²) in [5.41, 5.74) is 2.62. The zero-order valence-electron chi connectivity index (χ0n) is 11.9. The average Bonchev–Trinajstić information content (AvgIpc) is 2.53. The molecule has 1 aromatic heterocycles. The minimum atomic E-state index is 0.137. The van der Waals surface area contributed by atoms with E-state index in [1.807, 2.05) is 36.1 Å². The molecule has 0 N–H and O–H groups in total. The van der Waals surface area contributed by atoms with Crippen LogP contribution < -0.4 is 0 Å². The minimum absolute atomic E-state index is 0.137. The first-order chi connectivity index (χ1) is 10.2. The van der Waals surface area contributed by atoms with Crippen LogP contribution >= 0.6 is 11.8 Å². The number of ether oxygens (including phenoxy) is 1. The van der Waals surface area contributed by atoms with Crippen LogP contribution in [0.4, 0.5) is 0 Å². The SMILES string of the molecule is Cc1nc2ccccc2nc1SCC(=O)N1CCOCC1. The molecule has 110 valence electrons. The first-order valence-corrected chi connectivity index (χ1v) is 7.94. The molecule has 1 amide bonds. The van der Waals surface area contributed by atoms with Crippen molar-refractivity contribution >= 4 is 28.7 Å². The quantitative estimate of drug-likeness (QED) is 0.811. The zero-order valence-corrected chi connectivity index (χ0v) is 12.7. The van der Waals surface area contributed by atoms with E-state index in [1.165, 1.54) is 11.8 Å². The average molecular weight is 303 g/mol. The fourth-order valence-corrected chi connectivity index (χ4v) is 3.10. The summed E-state index contributed by atoms with van der Waals surface area (Å²) in [6, 6.07) is 7.78. The molecule has 0 radical (unpaired) electrons. The van der Waals surface area contributed by atoms with Crippen molar-refractivity contribution in [2.24, 2.45) is 0 Å². The Morgan fingerprint density at radius 1 is 1.24 bits per heavy atom. The number of nitrogens with zero attached hydrogens (tertiary/aromatic N) is 3. The first kappa shape index (κ1) is 14.3. The van der Waals surface area contributed by atoms with Crippen LogP contribution in [0.1, 0.15) is 5.69 Å². The van der Waals surface area contributed by atoms with Crippen LogP contribution in [0, 0.1) is 6.92 Å². The van der Waals surface area contributed by atoms with Gasteiger partial charge >= 0.3 is 0 Å². The highest BCUT2D eigenvalue weighted by atomic mass is 32.2.